The van der Waals surface area contributed by atoms with E-state index in [-0.39, 0.29) is 39.6 Å². The van der Waals surface area contributed by atoms with E-state index in [2.05, 4.69) is 47.6 Å². The molecule has 4 aliphatic rings. The standard InChI is InChI=1S/C31H50O5/c1-19(26(34)36-8)17-21(32)18-20(2)28(5)13-11-22-23-9-10-24-27(3,4)25(33)12-14-30(24,7)31(23,35)16-15-29(22,28)6/h11,17,20-21,23-25,32-33,35H,9-10,12-16,18H2,1-8H3/b19-17+/t20-,21+,23+,24+,25-,28+,29-,30+,31-/m1/s1. The zero-order valence-corrected chi connectivity index (χ0v) is 23.9. The van der Waals surface area contributed by atoms with Crippen molar-refractivity contribution in [3.63, 3.8) is 0 Å². The number of aliphatic hydroxyl groups is 3. The van der Waals surface area contributed by atoms with Crippen LogP contribution in [0.15, 0.2) is 23.3 Å². The van der Waals surface area contributed by atoms with Crippen LogP contribution < -0.4 is 0 Å². The molecule has 0 saturated heterocycles. The van der Waals surface area contributed by atoms with Gasteiger partial charge in [-0.1, -0.05) is 53.2 Å². The number of hydrogen-bond acceptors (Lipinski definition) is 5. The molecule has 5 nitrogen and oxygen atoms in total. The van der Waals surface area contributed by atoms with Crippen LogP contribution in [0.5, 0.6) is 0 Å². The summed E-state index contributed by atoms with van der Waals surface area (Å²) >= 11 is 0. The van der Waals surface area contributed by atoms with E-state index < -0.39 is 17.7 Å². The Kier molecular flexibility index (Phi) is 6.92. The fourth-order valence-electron chi connectivity index (χ4n) is 9.54. The van der Waals surface area contributed by atoms with Crippen molar-refractivity contribution in [3.8, 4) is 0 Å². The fraction of sp³-hybridized carbons (Fsp3) is 0.839. The van der Waals surface area contributed by atoms with E-state index in [1.54, 1.807) is 13.0 Å². The summed E-state index contributed by atoms with van der Waals surface area (Å²) in [7, 11) is 1.36. The molecule has 36 heavy (non-hydrogen) atoms. The molecule has 0 unspecified atom stereocenters. The topological polar surface area (TPSA) is 87.0 Å². The first kappa shape index (κ1) is 27.9. The maximum atomic E-state index is 12.5. The van der Waals surface area contributed by atoms with Crippen molar-refractivity contribution in [1.29, 1.82) is 0 Å². The van der Waals surface area contributed by atoms with E-state index in [4.69, 9.17) is 4.74 Å². The third-order valence-corrected chi connectivity index (χ3v) is 12.4. The molecule has 204 valence electrons. The van der Waals surface area contributed by atoms with Gasteiger partial charge in [0.2, 0.25) is 0 Å². The minimum Gasteiger partial charge on any atom is -0.466 e. The molecule has 4 rings (SSSR count). The second kappa shape index (κ2) is 8.95. The van der Waals surface area contributed by atoms with E-state index in [0.717, 1.165) is 44.9 Å². The van der Waals surface area contributed by atoms with Gasteiger partial charge in [0.05, 0.1) is 24.9 Å². The number of rotatable bonds is 5. The van der Waals surface area contributed by atoms with E-state index in [1.165, 1.54) is 12.7 Å². The fourth-order valence-corrected chi connectivity index (χ4v) is 9.54. The molecule has 9 atom stereocenters. The van der Waals surface area contributed by atoms with Gasteiger partial charge >= 0.3 is 5.97 Å². The van der Waals surface area contributed by atoms with Gasteiger partial charge in [0.1, 0.15) is 0 Å². The number of carbonyl (C=O) groups excluding carboxylic acids is 1. The molecule has 3 fully saturated rings. The second-order valence-electron chi connectivity index (χ2n) is 14.1. The summed E-state index contributed by atoms with van der Waals surface area (Å²) in [4.78, 5) is 11.8. The summed E-state index contributed by atoms with van der Waals surface area (Å²) < 4.78 is 4.78. The average molecular weight is 503 g/mol. The molecular formula is C31H50O5. The van der Waals surface area contributed by atoms with Crippen LogP contribution in [0.1, 0.15) is 99.8 Å². The maximum Gasteiger partial charge on any atom is 0.333 e. The Balaban J connectivity index is 1.59. The van der Waals surface area contributed by atoms with Crippen LogP contribution in [-0.2, 0) is 9.53 Å². The molecule has 0 aromatic carbocycles. The van der Waals surface area contributed by atoms with Crippen molar-refractivity contribution in [3.05, 3.63) is 23.3 Å². The Bertz CT molecular complexity index is 951. The minimum atomic E-state index is -0.743. The van der Waals surface area contributed by atoms with Crippen molar-refractivity contribution in [2.75, 3.05) is 7.11 Å². The van der Waals surface area contributed by atoms with Crippen LogP contribution >= 0.6 is 0 Å². The lowest BCUT2D eigenvalue weighted by molar-refractivity contribution is -0.243. The van der Waals surface area contributed by atoms with E-state index >= 15 is 0 Å². The van der Waals surface area contributed by atoms with E-state index in [1.807, 2.05) is 0 Å². The number of allylic oxidation sites excluding steroid dienone is 1. The van der Waals surface area contributed by atoms with Gasteiger partial charge in [-0.25, -0.2) is 4.79 Å². The van der Waals surface area contributed by atoms with Crippen molar-refractivity contribution < 1.29 is 24.9 Å². The largest absolute Gasteiger partial charge is 0.466 e. The van der Waals surface area contributed by atoms with E-state index in [0.29, 0.717) is 17.9 Å². The summed E-state index contributed by atoms with van der Waals surface area (Å²) in [6.45, 7) is 15.4. The van der Waals surface area contributed by atoms with Crippen LogP contribution in [0.4, 0.5) is 0 Å². The van der Waals surface area contributed by atoms with Gasteiger partial charge < -0.3 is 20.1 Å². The van der Waals surface area contributed by atoms with Gasteiger partial charge in [-0.2, -0.15) is 0 Å². The van der Waals surface area contributed by atoms with Crippen molar-refractivity contribution in [1.82, 2.24) is 0 Å². The highest BCUT2D eigenvalue weighted by molar-refractivity contribution is 5.87. The molecule has 3 saturated carbocycles. The van der Waals surface area contributed by atoms with Crippen LogP contribution in [0.2, 0.25) is 0 Å². The third kappa shape index (κ3) is 3.70. The predicted molar refractivity (Wildman–Crippen MR) is 142 cm³/mol. The molecule has 0 aromatic heterocycles. The first-order chi connectivity index (χ1) is 16.6. The number of esters is 1. The molecule has 0 aromatic rings. The van der Waals surface area contributed by atoms with Crippen LogP contribution in [0, 0.1) is 39.4 Å². The smallest absolute Gasteiger partial charge is 0.333 e. The average Bonchev–Trinajstić information content (AvgIpc) is 3.08. The van der Waals surface area contributed by atoms with Crippen molar-refractivity contribution >= 4 is 5.97 Å². The quantitative estimate of drug-likeness (QED) is 0.260. The van der Waals surface area contributed by atoms with Gasteiger partial charge in [0, 0.05) is 16.9 Å². The zero-order chi connectivity index (χ0) is 26.9. The van der Waals surface area contributed by atoms with Crippen LogP contribution in [0.25, 0.3) is 0 Å². The molecular weight excluding hydrogens is 452 g/mol. The summed E-state index contributed by atoms with van der Waals surface area (Å²) in [5.41, 5.74) is 0.685. The first-order valence-corrected chi connectivity index (χ1v) is 14.1. The van der Waals surface area contributed by atoms with Crippen LogP contribution in [0.3, 0.4) is 0 Å². The molecule has 3 N–H and O–H groups in total. The van der Waals surface area contributed by atoms with E-state index in [9.17, 15) is 20.1 Å². The number of carbonyl (C=O) groups is 1. The first-order valence-electron chi connectivity index (χ1n) is 14.1. The SMILES string of the molecule is COC(=O)/C(C)=C/[C@H](O)C[C@@H](C)[C@]1(C)CC=C2[C@@H]3CC[C@H]4C(C)(C)[C@H](O)CC[C@]4(C)[C@@]3(O)CC[C@]21C. The molecule has 0 bridgehead atoms. The van der Waals surface area contributed by atoms with Gasteiger partial charge in [-0.05, 0) is 92.4 Å². The molecule has 0 heterocycles. The zero-order valence-electron chi connectivity index (χ0n) is 23.9. The lowest BCUT2D eigenvalue weighted by Crippen LogP contribution is -2.67. The Hall–Kier alpha value is -1.17. The lowest BCUT2D eigenvalue weighted by atomic mass is 9.39. The van der Waals surface area contributed by atoms with Gasteiger partial charge in [0.25, 0.3) is 0 Å². The lowest BCUT2D eigenvalue weighted by Gasteiger charge is -2.68. The number of methoxy groups -OCH3 is 1. The molecule has 0 amide bonds. The summed E-state index contributed by atoms with van der Waals surface area (Å²) in [6.07, 6.45) is 9.97. The number of hydrogen-bond donors (Lipinski definition) is 3. The normalized spacial score (nSPS) is 45.6. The molecule has 0 aliphatic heterocycles. The summed E-state index contributed by atoms with van der Waals surface area (Å²) in [5, 5.41) is 34.1. The Labute approximate surface area is 218 Å². The number of ether oxygens (including phenoxy) is 1. The highest BCUT2D eigenvalue weighted by Gasteiger charge is 2.69. The Morgan fingerprint density at radius 2 is 1.81 bits per heavy atom. The number of aliphatic hydroxyl groups excluding tert-OH is 2. The summed E-state index contributed by atoms with van der Waals surface area (Å²) in [6, 6.07) is 0. The van der Waals surface area contributed by atoms with Gasteiger partial charge in [-0.3, -0.25) is 0 Å². The Morgan fingerprint density at radius 1 is 1.14 bits per heavy atom. The third-order valence-electron chi connectivity index (χ3n) is 12.4. The molecule has 0 radical (unpaired) electrons. The van der Waals surface area contributed by atoms with Gasteiger partial charge in [0.15, 0.2) is 0 Å². The monoisotopic (exact) mass is 502 g/mol. The second-order valence-corrected chi connectivity index (χ2v) is 14.1. The van der Waals surface area contributed by atoms with Gasteiger partial charge in [-0.15, -0.1) is 0 Å². The number of fused-ring (bicyclic) bond motifs is 5. The highest BCUT2D eigenvalue weighted by atomic mass is 16.5. The highest BCUT2D eigenvalue weighted by Crippen LogP contribution is 2.72. The summed E-state index contributed by atoms with van der Waals surface area (Å²) in [5.74, 6) is 0.296. The van der Waals surface area contributed by atoms with Crippen molar-refractivity contribution in [2.45, 2.75) is 118 Å². The molecule has 0 spiro atoms. The van der Waals surface area contributed by atoms with Crippen LogP contribution in [-0.4, -0.2) is 46.2 Å². The Morgan fingerprint density at radius 3 is 2.44 bits per heavy atom. The molecule has 4 aliphatic carbocycles. The maximum absolute atomic E-state index is 12.5. The molecule has 5 heteroatoms. The van der Waals surface area contributed by atoms with Crippen molar-refractivity contribution in [2.24, 2.45) is 39.4 Å². The minimum absolute atomic E-state index is 0.0303. The predicted octanol–water partition coefficient (Wildman–Crippen LogP) is 5.57.